The molecule has 156 valence electrons. The third kappa shape index (κ3) is 3.81. The molecular formula is C21H20N2O6S. The molecule has 0 aromatic heterocycles. The zero-order valence-corrected chi connectivity index (χ0v) is 16.8. The zero-order chi connectivity index (χ0) is 21.5. The van der Waals surface area contributed by atoms with Crippen LogP contribution in [0.5, 0.6) is 0 Å². The van der Waals surface area contributed by atoms with Crippen molar-refractivity contribution in [2.45, 2.75) is 24.0 Å². The van der Waals surface area contributed by atoms with Crippen molar-refractivity contribution >= 4 is 33.3 Å². The first-order chi connectivity index (χ1) is 14.2. The second-order valence-corrected chi connectivity index (χ2v) is 9.01. The minimum Gasteiger partial charge on any atom is -0.481 e. The number of aliphatic carboxylic acids is 1. The van der Waals surface area contributed by atoms with Gasteiger partial charge < -0.3 is 15.2 Å². The van der Waals surface area contributed by atoms with Gasteiger partial charge in [0.1, 0.15) is 5.92 Å². The van der Waals surface area contributed by atoms with Gasteiger partial charge in [0.2, 0.25) is 5.91 Å². The van der Waals surface area contributed by atoms with E-state index in [1.54, 1.807) is 36.4 Å². The van der Waals surface area contributed by atoms with Crippen molar-refractivity contribution in [2.75, 3.05) is 10.0 Å². The Hall–Kier alpha value is -3.17. The van der Waals surface area contributed by atoms with Crippen LogP contribution in [0.25, 0.3) is 0 Å². The number of nitrogens with one attached hydrogen (secondary N) is 2. The lowest BCUT2D eigenvalue weighted by molar-refractivity contribution is -0.145. The highest BCUT2D eigenvalue weighted by atomic mass is 32.2. The Morgan fingerprint density at radius 2 is 1.47 bits per heavy atom. The van der Waals surface area contributed by atoms with E-state index in [0.717, 1.165) is 5.56 Å². The lowest BCUT2D eigenvalue weighted by Gasteiger charge is -2.21. The minimum atomic E-state index is -3.73. The predicted molar refractivity (Wildman–Crippen MR) is 109 cm³/mol. The number of rotatable bonds is 6. The molecule has 2 heterocycles. The largest absolute Gasteiger partial charge is 0.481 e. The van der Waals surface area contributed by atoms with Crippen LogP contribution in [-0.2, 0) is 24.3 Å². The van der Waals surface area contributed by atoms with E-state index >= 15 is 0 Å². The zero-order valence-electron chi connectivity index (χ0n) is 16.0. The number of amides is 1. The SMILES string of the molecule is Cc1ccc(S(=O)(=O)Nc2ccc(NC(=O)C3C4C=CC(O4)C3C(=O)O)cc2)cc1. The molecule has 4 unspecified atom stereocenters. The monoisotopic (exact) mass is 428 g/mol. The number of hydrogen-bond donors (Lipinski definition) is 3. The fourth-order valence-electron chi connectivity index (χ4n) is 3.69. The van der Waals surface area contributed by atoms with Crippen LogP contribution < -0.4 is 10.0 Å². The maximum Gasteiger partial charge on any atom is 0.310 e. The van der Waals surface area contributed by atoms with Gasteiger partial charge >= 0.3 is 5.97 Å². The summed E-state index contributed by atoms with van der Waals surface area (Å²) in [6, 6.07) is 12.6. The molecule has 2 aliphatic rings. The standard InChI is InChI=1S/C21H20N2O6S/c1-12-2-8-15(9-3-12)30(27,28)23-14-6-4-13(5-7-14)22-20(24)18-16-10-11-17(29-16)19(18)21(25)26/h2-11,16-19,23H,1H3,(H,22,24)(H,25,26). The number of fused-ring (bicyclic) bond motifs is 2. The minimum absolute atomic E-state index is 0.148. The summed E-state index contributed by atoms with van der Waals surface area (Å²) >= 11 is 0. The summed E-state index contributed by atoms with van der Waals surface area (Å²) in [5.74, 6) is -3.28. The fraction of sp³-hybridized carbons (Fsp3) is 0.238. The molecule has 2 aliphatic heterocycles. The summed E-state index contributed by atoms with van der Waals surface area (Å²) < 4.78 is 32.9. The van der Waals surface area contributed by atoms with Crippen molar-refractivity contribution in [2.24, 2.45) is 11.8 Å². The van der Waals surface area contributed by atoms with Crippen molar-refractivity contribution in [3.8, 4) is 0 Å². The maximum atomic E-state index is 12.6. The van der Waals surface area contributed by atoms with Gasteiger partial charge in [-0.1, -0.05) is 29.8 Å². The van der Waals surface area contributed by atoms with Crippen molar-refractivity contribution in [1.82, 2.24) is 0 Å². The molecule has 2 aromatic rings. The number of hydrogen-bond acceptors (Lipinski definition) is 5. The Labute approximate surface area is 173 Å². The molecule has 8 nitrogen and oxygen atoms in total. The Morgan fingerprint density at radius 1 is 0.900 bits per heavy atom. The van der Waals surface area contributed by atoms with Crippen LogP contribution in [-0.4, -0.2) is 37.6 Å². The smallest absolute Gasteiger partial charge is 0.310 e. The quantitative estimate of drug-likeness (QED) is 0.608. The van der Waals surface area contributed by atoms with Gasteiger partial charge in [-0.05, 0) is 43.3 Å². The van der Waals surface area contributed by atoms with Gasteiger partial charge in [0.25, 0.3) is 10.0 Å². The molecule has 1 saturated heterocycles. The molecule has 2 aromatic carbocycles. The molecule has 0 spiro atoms. The molecule has 30 heavy (non-hydrogen) atoms. The van der Waals surface area contributed by atoms with E-state index in [0.29, 0.717) is 11.4 Å². The van der Waals surface area contributed by atoms with E-state index in [4.69, 9.17) is 4.74 Å². The maximum absolute atomic E-state index is 12.6. The molecular weight excluding hydrogens is 408 g/mol. The van der Waals surface area contributed by atoms with Crippen LogP contribution in [0.1, 0.15) is 5.56 Å². The molecule has 3 N–H and O–H groups in total. The molecule has 4 rings (SSSR count). The molecule has 4 atom stereocenters. The number of carbonyl (C=O) groups excluding carboxylic acids is 1. The lowest BCUT2D eigenvalue weighted by Crippen LogP contribution is -2.39. The van der Waals surface area contributed by atoms with Gasteiger partial charge in [-0.2, -0.15) is 0 Å². The second-order valence-electron chi connectivity index (χ2n) is 7.33. The summed E-state index contributed by atoms with van der Waals surface area (Å²) in [7, 11) is -3.73. The molecule has 0 saturated carbocycles. The van der Waals surface area contributed by atoms with Crippen LogP contribution in [0.2, 0.25) is 0 Å². The highest BCUT2D eigenvalue weighted by Crippen LogP contribution is 2.39. The Balaban J connectivity index is 1.44. The van der Waals surface area contributed by atoms with E-state index in [1.807, 2.05) is 6.92 Å². The number of ether oxygens (including phenoxy) is 1. The van der Waals surface area contributed by atoms with E-state index in [2.05, 4.69) is 10.0 Å². The van der Waals surface area contributed by atoms with Crippen molar-refractivity contribution < 1.29 is 27.9 Å². The Kier molecular flexibility index (Phi) is 5.08. The number of benzene rings is 2. The highest BCUT2D eigenvalue weighted by Gasteiger charge is 2.53. The highest BCUT2D eigenvalue weighted by molar-refractivity contribution is 7.92. The van der Waals surface area contributed by atoms with Crippen molar-refractivity contribution in [3.05, 3.63) is 66.2 Å². The fourth-order valence-corrected chi connectivity index (χ4v) is 4.75. The van der Waals surface area contributed by atoms with Gasteiger partial charge in [0.15, 0.2) is 0 Å². The van der Waals surface area contributed by atoms with Crippen molar-refractivity contribution in [1.29, 1.82) is 0 Å². The van der Waals surface area contributed by atoms with Crippen LogP contribution in [0, 0.1) is 18.8 Å². The topological polar surface area (TPSA) is 122 Å². The number of anilines is 2. The van der Waals surface area contributed by atoms with Gasteiger partial charge in [0.05, 0.1) is 23.0 Å². The number of sulfonamides is 1. The molecule has 0 aliphatic carbocycles. The van der Waals surface area contributed by atoms with Gasteiger partial charge in [-0.25, -0.2) is 8.42 Å². The van der Waals surface area contributed by atoms with Gasteiger partial charge in [-0.3, -0.25) is 14.3 Å². The third-order valence-corrected chi connectivity index (χ3v) is 6.62. The van der Waals surface area contributed by atoms with Gasteiger partial charge in [-0.15, -0.1) is 0 Å². The second kappa shape index (κ2) is 7.58. The molecule has 1 fully saturated rings. The van der Waals surface area contributed by atoms with Crippen LogP contribution >= 0.6 is 0 Å². The number of aryl methyl sites for hydroxylation is 1. The van der Waals surface area contributed by atoms with E-state index < -0.39 is 45.9 Å². The average Bonchev–Trinajstić information content (AvgIpc) is 3.31. The summed E-state index contributed by atoms with van der Waals surface area (Å²) in [6.07, 6.45) is 2.22. The summed E-state index contributed by atoms with van der Waals surface area (Å²) in [5, 5.41) is 12.1. The lowest BCUT2D eigenvalue weighted by atomic mass is 9.82. The first kappa shape index (κ1) is 20.1. The van der Waals surface area contributed by atoms with Crippen molar-refractivity contribution in [3.63, 3.8) is 0 Å². The van der Waals surface area contributed by atoms with E-state index in [1.165, 1.54) is 24.3 Å². The average molecular weight is 428 g/mol. The molecule has 0 radical (unpaired) electrons. The molecule has 1 amide bonds. The summed E-state index contributed by atoms with van der Waals surface area (Å²) in [4.78, 5) is 24.3. The van der Waals surface area contributed by atoms with E-state index in [-0.39, 0.29) is 4.90 Å². The first-order valence-corrected chi connectivity index (χ1v) is 10.8. The Bertz CT molecular complexity index is 1110. The predicted octanol–water partition coefficient (Wildman–Crippen LogP) is 2.39. The van der Waals surface area contributed by atoms with Crippen LogP contribution in [0.4, 0.5) is 11.4 Å². The number of carboxylic acid groups (broad SMARTS) is 1. The third-order valence-electron chi connectivity index (χ3n) is 5.22. The number of carbonyl (C=O) groups is 2. The summed E-state index contributed by atoms with van der Waals surface area (Å²) in [5.41, 5.74) is 1.72. The normalized spacial score (nSPS) is 24.6. The molecule has 2 bridgehead atoms. The van der Waals surface area contributed by atoms with Crippen LogP contribution in [0.15, 0.2) is 65.6 Å². The Morgan fingerprint density at radius 3 is 2.07 bits per heavy atom. The first-order valence-electron chi connectivity index (χ1n) is 9.31. The van der Waals surface area contributed by atoms with Crippen LogP contribution in [0.3, 0.4) is 0 Å². The number of carboxylic acids is 1. The molecule has 9 heteroatoms. The van der Waals surface area contributed by atoms with E-state index in [9.17, 15) is 23.1 Å². The van der Waals surface area contributed by atoms with Gasteiger partial charge in [0, 0.05) is 11.4 Å². The summed E-state index contributed by atoms with van der Waals surface area (Å²) in [6.45, 7) is 1.87.